The van der Waals surface area contributed by atoms with Gasteiger partial charge in [0.2, 0.25) is 5.88 Å². The Morgan fingerprint density at radius 3 is 3.00 bits per heavy atom. The molecule has 4 nitrogen and oxygen atoms in total. The maximum Gasteiger partial charge on any atom is 0.218 e. The minimum atomic E-state index is 0.00290. The van der Waals surface area contributed by atoms with Crippen LogP contribution < -0.4 is 10.5 Å². The highest BCUT2D eigenvalue weighted by molar-refractivity contribution is 5.21. The Labute approximate surface area is 95.1 Å². The summed E-state index contributed by atoms with van der Waals surface area (Å²) in [5, 5.41) is 0. The lowest BCUT2D eigenvalue weighted by Crippen LogP contribution is -2.05. The van der Waals surface area contributed by atoms with Crippen molar-refractivity contribution in [3.63, 3.8) is 0 Å². The first kappa shape index (κ1) is 11.1. The van der Waals surface area contributed by atoms with Crippen LogP contribution >= 0.6 is 0 Å². The van der Waals surface area contributed by atoms with Crippen molar-refractivity contribution >= 4 is 0 Å². The van der Waals surface area contributed by atoms with E-state index < -0.39 is 0 Å². The molecule has 0 aromatic carbocycles. The van der Waals surface area contributed by atoms with Gasteiger partial charge in [0.05, 0.1) is 19.5 Å². The standard InChI is InChI=1S/C12H16N2O2/c1-9(13)11-2-3-12(14-6-11)16-8-10-4-5-15-7-10/h2-3,6,8-9H,4-5,7,13H2,1H3/b10-8-/t9-/m0/s1. The van der Waals surface area contributed by atoms with E-state index in [0.29, 0.717) is 12.5 Å². The zero-order valence-electron chi connectivity index (χ0n) is 9.35. The van der Waals surface area contributed by atoms with E-state index in [0.717, 1.165) is 24.2 Å². The van der Waals surface area contributed by atoms with Gasteiger partial charge >= 0.3 is 0 Å². The third-order valence-electron chi connectivity index (χ3n) is 2.49. The van der Waals surface area contributed by atoms with Gasteiger partial charge in [0, 0.05) is 18.3 Å². The third-order valence-corrected chi connectivity index (χ3v) is 2.49. The number of hydrogen-bond donors (Lipinski definition) is 1. The van der Waals surface area contributed by atoms with Gasteiger partial charge in [-0.05, 0) is 24.5 Å². The van der Waals surface area contributed by atoms with Crippen LogP contribution in [0.1, 0.15) is 24.9 Å². The van der Waals surface area contributed by atoms with Crippen LogP contribution in [0.15, 0.2) is 30.2 Å². The lowest BCUT2D eigenvalue weighted by atomic mass is 10.2. The van der Waals surface area contributed by atoms with Gasteiger partial charge in [-0.2, -0.15) is 0 Å². The molecule has 0 unspecified atom stereocenters. The molecular formula is C12H16N2O2. The second-order valence-electron chi connectivity index (χ2n) is 3.91. The number of pyridine rings is 1. The fourth-order valence-electron chi connectivity index (χ4n) is 1.45. The molecule has 0 amide bonds. The lowest BCUT2D eigenvalue weighted by Gasteiger charge is -2.05. The van der Waals surface area contributed by atoms with Crippen molar-refractivity contribution in [2.75, 3.05) is 13.2 Å². The molecule has 2 heterocycles. The van der Waals surface area contributed by atoms with Crippen molar-refractivity contribution in [1.82, 2.24) is 4.98 Å². The van der Waals surface area contributed by atoms with Crippen LogP contribution in [0.2, 0.25) is 0 Å². The van der Waals surface area contributed by atoms with E-state index in [1.54, 1.807) is 12.5 Å². The maximum absolute atomic E-state index is 5.73. The molecule has 0 aliphatic carbocycles. The Morgan fingerprint density at radius 2 is 2.44 bits per heavy atom. The minimum absolute atomic E-state index is 0.00290. The van der Waals surface area contributed by atoms with E-state index in [9.17, 15) is 0 Å². The molecule has 0 spiro atoms. The molecule has 0 saturated carbocycles. The number of nitrogens with two attached hydrogens (primary N) is 1. The van der Waals surface area contributed by atoms with Gasteiger partial charge < -0.3 is 15.2 Å². The van der Waals surface area contributed by atoms with Crippen LogP contribution in [0.5, 0.6) is 5.88 Å². The molecule has 1 aromatic rings. The van der Waals surface area contributed by atoms with Gasteiger partial charge in [-0.3, -0.25) is 0 Å². The van der Waals surface area contributed by atoms with Crippen molar-refractivity contribution < 1.29 is 9.47 Å². The monoisotopic (exact) mass is 220 g/mol. The smallest absolute Gasteiger partial charge is 0.218 e. The van der Waals surface area contributed by atoms with Crippen molar-refractivity contribution in [2.24, 2.45) is 5.73 Å². The summed E-state index contributed by atoms with van der Waals surface area (Å²) in [5.74, 6) is 0.587. The van der Waals surface area contributed by atoms with Gasteiger partial charge in [0.1, 0.15) is 0 Å². The molecule has 2 N–H and O–H groups in total. The van der Waals surface area contributed by atoms with Crippen LogP contribution in [0, 0.1) is 0 Å². The fraction of sp³-hybridized carbons (Fsp3) is 0.417. The van der Waals surface area contributed by atoms with Crippen LogP contribution in [-0.2, 0) is 4.74 Å². The molecule has 1 aliphatic rings. The SMILES string of the molecule is C[C@H](N)c1ccc(O/C=C2/CCOC2)nc1. The minimum Gasteiger partial charge on any atom is -0.447 e. The number of hydrogen-bond acceptors (Lipinski definition) is 4. The Morgan fingerprint density at radius 1 is 1.56 bits per heavy atom. The number of ether oxygens (including phenoxy) is 2. The summed E-state index contributed by atoms with van der Waals surface area (Å²) in [6.45, 7) is 3.37. The second-order valence-corrected chi connectivity index (χ2v) is 3.91. The molecule has 1 saturated heterocycles. The average Bonchev–Trinajstić information content (AvgIpc) is 2.80. The Kier molecular flexibility index (Phi) is 3.54. The first-order valence-electron chi connectivity index (χ1n) is 5.39. The van der Waals surface area contributed by atoms with E-state index in [-0.39, 0.29) is 6.04 Å². The van der Waals surface area contributed by atoms with E-state index in [1.165, 1.54) is 0 Å². The van der Waals surface area contributed by atoms with Crippen LogP contribution in [0.3, 0.4) is 0 Å². The highest BCUT2D eigenvalue weighted by Gasteiger charge is 2.07. The Hall–Kier alpha value is -1.39. The van der Waals surface area contributed by atoms with E-state index in [1.807, 2.05) is 19.1 Å². The molecule has 86 valence electrons. The molecular weight excluding hydrogens is 204 g/mol. The normalized spacial score (nSPS) is 20.0. The topological polar surface area (TPSA) is 57.4 Å². The van der Waals surface area contributed by atoms with Gasteiger partial charge in [-0.25, -0.2) is 4.98 Å². The molecule has 1 fully saturated rings. The van der Waals surface area contributed by atoms with Crippen molar-refractivity contribution in [1.29, 1.82) is 0 Å². The predicted octanol–water partition coefficient (Wildman–Crippen LogP) is 1.78. The summed E-state index contributed by atoms with van der Waals surface area (Å²) < 4.78 is 10.6. The predicted molar refractivity (Wildman–Crippen MR) is 61.0 cm³/mol. The molecule has 0 bridgehead atoms. The van der Waals surface area contributed by atoms with Crippen molar-refractivity contribution in [3.8, 4) is 5.88 Å². The quantitative estimate of drug-likeness (QED) is 0.789. The Balaban J connectivity index is 1.97. The first-order chi connectivity index (χ1) is 7.75. The summed E-state index contributed by atoms with van der Waals surface area (Å²) >= 11 is 0. The highest BCUT2D eigenvalue weighted by Crippen LogP contribution is 2.15. The highest BCUT2D eigenvalue weighted by atomic mass is 16.5. The summed E-state index contributed by atoms with van der Waals surface area (Å²) in [6, 6.07) is 3.76. The molecule has 4 heteroatoms. The van der Waals surface area contributed by atoms with Crippen molar-refractivity contribution in [3.05, 3.63) is 35.7 Å². The first-order valence-corrected chi connectivity index (χ1v) is 5.39. The number of aromatic nitrogens is 1. The van der Waals surface area contributed by atoms with E-state index in [2.05, 4.69) is 4.98 Å². The Bertz CT molecular complexity index is 363. The van der Waals surface area contributed by atoms with Gasteiger partial charge in [-0.15, -0.1) is 0 Å². The second kappa shape index (κ2) is 5.09. The molecule has 2 rings (SSSR count). The molecule has 1 aliphatic heterocycles. The van der Waals surface area contributed by atoms with Gasteiger partial charge in [0.15, 0.2) is 0 Å². The molecule has 0 radical (unpaired) electrons. The van der Waals surface area contributed by atoms with Crippen LogP contribution in [0.25, 0.3) is 0 Å². The summed E-state index contributed by atoms with van der Waals surface area (Å²) in [6.07, 6.45) is 4.41. The van der Waals surface area contributed by atoms with Crippen LogP contribution in [-0.4, -0.2) is 18.2 Å². The van der Waals surface area contributed by atoms with E-state index >= 15 is 0 Å². The number of nitrogens with zero attached hydrogens (tertiary/aromatic N) is 1. The van der Waals surface area contributed by atoms with Gasteiger partial charge in [0.25, 0.3) is 0 Å². The van der Waals surface area contributed by atoms with Gasteiger partial charge in [-0.1, -0.05) is 6.07 Å². The summed E-state index contributed by atoms with van der Waals surface area (Å²) in [4.78, 5) is 4.17. The summed E-state index contributed by atoms with van der Waals surface area (Å²) in [5.41, 5.74) is 7.90. The van der Waals surface area contributed by atoms with E-state index in [4.69, 9.17) is 15.2 Å². The number of rotatable bonds is 3. The molecule has 1 atom stereocenters. The molecule has 1 aromatic heterocycles. The fourth-order valence-corrected chi connectivity index (χ4v) is 1.45. The average molecular weight is 220 g/mol. The lowest BCUT2D eigenvalue weighted by molar-refractivity contribution is 0.204. The largest absolute Gasteiger partial charge is 0.447 e. The third kappa shape index (κ3) is 2.81. The zero-order valence-corrected chi connectivity index (χ0v) is 9.35. The van der Waals surface area contributed by atoms with Crippen molar-refractivity contribution in [2.45, 2.75) is 19.4 Å². The van der Waals surface area contributed by atoms with Crippen LogP contribution in [0.4, 0.5) is 0 Å². The maximum atomic E-state index is 5.73. The zero-order chi connectivity index (χ0) is 11.4. The molecule has 16 heavy (non-hydrogen) atoms. The summed E-state index contributed by atoms with van der Waals surface area (Å²) in [7, 11) is 0.